The molecular weight excluding hydrogens is 228 g/mol. The molecule has 2 aromatic rings. The Bertz CT molecular complexity index is 576. The second-order valence-electron chi connectivity index (χ2n) is 4.46. The highest BCUT2D eigenvalue weighted by Crippen LogP contribution is 2.38. The van der Waals surface area contributed by atoms with Crippen molar-refractivity contribution in [1.29, 1.82) is 0 Å². The van der Waals surface area contributed by atoms with Crippen molar-refractivity contribution in [3.63, 3.8) is 0 Å². The van der Waals surface area contributed by atoms with Crippen LogP contribution in [-0.2, 0) is 4.79 Å². The maximum absolute atomic E-state index is 11.9. The van der Waals surface area contributed by atoms with Gasteiger partial charge in [0.15, 0.2) is 0 Å². The first-order valence-electron chi connectivity index (χ1n) is 5.88. The summed E-state index contributed by atoms with van der Waals surface area (Å²) in [5.41, 5.74) is 6.73. The highest BCUT2D eigenvalue weighted by atomic mass is 16.3. The van der Waals surface area contributed by atoms with Crippen molar-refractivity contribution in [3.05, 3.63) is 54.0 Å². The van der Waals surface area contributed by atoms with Crippen LogP contribution in [0.2, 0.25) is 0 Å². The van der Waals surface area contributed by atoms with Crippen molar-refractivity contribution in [2.75, 3.05) is 4.90 Å². The zero-order valence-corrected chi connectivity index (χ0v) is 10.0. The first kappa shape index (κ1) is 11.0. The van der Waals surface area contributed by atoms with Crippen LogP contribution in [-0.4, -0.2) is 11.9 Å². The molecule has 18 heavy (non-hydrogen) atoms. The van der Waals surface area contributed by atoms with Crippen LogP contribution in [0, 0.1) is 6.92 Å². The number of nitrogens with two attached hydrogens (primary N) is 1. The van der Waals surface area contributed by atoms with Gasteiger partial charge in [-0.3, -0.25) is 9.69 Å². The standard InChI is InChI=1S/C14H14N2O2/c1-9-7-8-11(18-9)13-12(15)14(17)16(13)10-5-3-2-4-6-10/h2-8,12-13H,15H2,1H3. The first-order valence-corrected chi connectivity index (χ1v) is 5.88. The minimum absolute atomic E-state index is 0.0692. The van der Waals surface area contributed by atoms with Crippen LogP contribution >= 0.6 is 0 Å². The molecule has 4 nitrogen and oxygen atoms in total. The van der Waals surface area contributed by atoms with Crippen LogP contribution in [0.25, 0.3) is 0 Å². The lowest BCUT2D eigenvalue weighted by Gasteiger charge is -2.44. The Morgan fingerprint density at radius 2 is 1.89 bits per heavy atom. The molecule has 2 heterocycles. The molecule has 1 amide bonds. The van der Waals surface area contributed by atoms with Gasteiger partial charge in [0.1, 0.15) is 23.6 Å². The normalized spacial score (nSPS) is 23.0. The largest absolute Gasteiger partial charge is 0.464 e. The van der Waals surface area contributed by atoms with Gasteiger partial charge in [0.2, 0.25) is 5.91 Å². The highest BCUT2D eigenvalue weighted by Gasteiger charge is 2.48. The van der Waals surface area contributed by atoms with Gasteiger partial charge in [-0.15, -0.1) is 0 Å². The highest BCUT2D eigenvalue weighted by molar-refractivity contribution is 6.05. The molecule has 1 aliphatic heterocycles. The number of amides is 1. The summed E-state index contributed by atoms with van der Waals surface area (Å²) < 4.78 is 5.58. The van der Waals surface area contributed by atoms with Gasteiger partial charge < -0.3 is 10.2 Å². The van der Waals surface area contributed by atoms with Gasteiger partial charge in [-0.05, 0) is 31.2 Å². The lowest BCUT2D eigenvalue weighted by molar-refractivity contribution is -0.126. The van der Waals surface area contributed by atoms with E-state index < -0.39 is 6.04 Å². The van der Waals surface area contributed by atoms with Crippen LogP contribution in [0.15, 0.2) is 46.9 Å². The second kappa shape index (κ2) is 3.99. The number of hydrogen-bond acceptors (Lipinski definition) is 3. The van der Waals surface area contributed by atoms with Crippen molar-refractivity contribution in [2.45, 2.75) is 19.0 Å². The van der Waals surface area contributed by atoms with Gasteiger partial charge in [0.05, 0.1) is 0 Å². The molecule has 0 saturated carbocycles. The molecule has 4 heteroatoms. The maximum atomic E-state index is 11.9. The summed E-state index contributed by atoms with van der Waals surface area (Å²) in [5.74, 6) is 1.49. The van der Waals surface area contributed by atoms with E-state index >= 15 is 0 Å². The topological polar surface area (TPSA) is 59.5 Å². The van der Waals surface area contributed by atoms with Crippen molar-refractivity contribution in [1.82, 2.24) is 0 Å². The van der Waals surface area contributed by atoms with E-state index in [0.29, 0.717) is 0 Å². The number of anilines is 1. The molecule has 0 aliphatic carbocycles. The Balaban J connectivity index is 1.96. The summed E-state index contributed by atoms with van der Waals surface area (Å²) in [6.07, 6.45) is 0. The number of nitrogens with zero attached hydrogens (tertiary/aromatic N) is 1. The summed E-state index contributed by atoms with van der Waals surface area (Å²) >= 11 is 0. The third kappa shape index (κ3) is 1.54. The van der Waals surface area contributed by atoms with Crippen molar-refractivity contribution in [3.8, 4) is 0 Å². The van der Waals surface area contributed by atoms with E-state index in [2.05, 4.69) is 0 Å². The van der Waals surface area contributed by atoms with Gasteiger partial charge in [-0.25, -0.2) is 0 Å². The lowest BCUT2D eigenvalue weighted by Crippen LogP contribution is -2.63. The average Bonchev–Trinajstić information content (AvgIpc) is 2.81. The third-order valence-corrected chi connectivity index (χ3v) is 3.23. The number of carbonyl (C=O) groups excluding carboxylic acids is 1. The molecule has 1 aromatic heterocycles. The number of furan rings is 1. The van der Waals surface area contributed by atoms with Gasteiger partial charge in [-0.1, -0.05) is 18.2 Å². The van der Waals surface area contributed by atoms with Crippen molar-refractivity contribution >= 4 is 11.6 Å². The molecular formula is C14H14N2O2. The van der Waals surface area contributed by atoms with E-state index in [1.165, 1.54) is 0 Å². The molecule has 0 bridgehead atoms. The average molecular weight is 242 g/mol. The van der Waals surface area contributed by atoms with Crippen molar-refractivity contribution < 1.29 is 9.21 Å². The molecule has 1 saturated heterocycles. The Labute approximate surface area is 105 Å². The maximum Gasteiger partial charge on any atom is 0.247 e. The summed E-state index contributed by atoms with van der Waals surface area (Å²) in [6, 6.07) is 12.5. The zero-order chi connectivity index (χ0) is 12.7. The number of rotatable bonds is 2. The van der Waals surface area contributed by atoms with Crippen LogP contribution < -0.4 is 10.6 Å². The van der Waals surface area contributed by atoms with E-state index in [4.69, 9.17) is 10.2 Å². The molecule has 3 rings (SSSR count). The number of benzene rings is 1. The third-order valence-electron chi connectivity index (χ3n) is 3.23. The van der Waals surface area contributed by atoms with E-state index in [-0.39, 0.29) is 11.9 Å². The molecule has 0 radical (unpaired) electrons. The fourth-order valence-electron chi connectivity index (χ4n) is 2.30. The Hall–Kier alpha value is -2.07. The number of carbonyl (C=O) groups is 1. The van der Waals surface area contributed by atoms with Crippen LogP contribution in [0.4, 0.5) is 5.69 Å². The Morgan fingerprint density at radius 1 is 1.17 bits per heavy atom. The van der Waals surface area contributed by atoms with Gasteiger partial charge in [-0.2, -0.15) is 0 Å². The zero-order valence-electron chi connectivity index (χ0n) is 10.0. The Morgan fingerprint density at radius 3 is 2.50 bits per heavy atom. The minimum Gasteiger partial charge on any atom is -0.464 e. The summed E-state index contributed by atoms with van der Waals surface area (Å²) in [7, 11) is 0. The van der Waals surface area contributed by atoms with Crippen molar-refractivity contribution in [2.24, 2.45) is 5.73 Å². The molecule has 0 spiro atoms. The number of para-hydroxylation sites is 1. The smallest absolute Gasteiger partial charge is 0.247 e. The van der Waals surface area contributed by atoms with Gasteiger partial charge >= 0.3 is 0 Å². The van der Waals surface area contributed by atoms with Crippen LogP contribution in [0.5, 0.6) is 0 Å². The Kier molecular flexibility index (Phi) is 2.45. The van der Waals surface area contributed by atoms with E-state index in [0.717, 1.165) is 17.2 Å². The second-order valence-corrected chi connectivity index (χ2v) is 4.46. The SMILES string of the molecule is Cc1ccc(C2C(N)C(=O)N2c2ccccc2)o1. The van der Waals surface area contributed by atoms with Crippen LogP contribution in [0.1, 0.15) is 17.6 Å². The predicted molar refractivity (Wildman–Crippen MR) is 68.1 cm³/mol. The van der Waals surface area contributed by atoms with Gasteiger partial charge in [0, 0.05) is 5.69 Å². The van der Waals surface area contributed by atoms with Gasteiger partial charge in [0.25, 0.3) is 0 Å². The van der Waals surface area contributed by atoms with E-state index in [1.807, 2.05) is 49.4 Å². The summed E-state index contributed by atoms with van der Waals surface area (Å²) in [4.78, 5) is 13.6. The van der Waals surface area contributed by atoms with Crippen LogP contribution in [0.3, 0.4) is 0 Å². The molecule has 2 unspecified atom stereocenters. The monoisotopic (exact) mass is 242 g/mol. The number of aryl methyl sites for hydroxylation is 1. The fourth-order valence-corrected chi connectivity index (χ4v) is 2.30. The first-order chi connectivity index (χ1) is 8.68. The quantitative estimate of drug-likeness (QED) is 0.819. The number of hydrogen-bond donors (Lipinski definition) is 1. The molecule has 92 valence electrons. The molecule has 2 atom stereocenters. The molecule has 1 fully saturated rings. The lowest BCUT2D eigenvalue weighted by atomic mass is 9.92. The molecule has 2 N–H and O–H groups in total. The van der Waals surface area contributed by atoms with E-state index in [9.17, 15) is 4.79 Å². The molecule has 1 aliphatic rings. The van der Waals surface area contributed by atoms with E-state index in [1.54, 1.807) is 4.90 Å². The predicted octanol–water partition coefficient (Wildman–Crippen LogP) is 2.00. The summed E-state index contributed by atoms with van der Waals surface area (Å²) in [6.45, 7) is 1.88. The fraction of sp³-hybridized carbons (Fsp3) is 0.214. The summed E-state index contributed by atoms with van der Waals surface area (Å²) in [5, 5.41) is 0. The minimum atomic E-state index is -0.518. The molecule has 1 aromatic carbocycles. The number of β-lactam (4-membered cyclic amide) rings is 1.